The summed E-state index contributed by atoms with van der Waals surface area (Å²) in [5.74, 6) is -1.08. The zero-order valence-electron chi connectivity index (χ0n) is 20.5. The van der Waals surface area contributed by atoms with Crippen LogP contribution in [0.15, 0.2) is 24.8 Å². The maximum atomic E-state index is 15.4. The quantitative estimate of drug-likeness (QED) is 0.263. The van der Waals surface area contributed by atoms with Crippen molar-refractivity contribution >= 4 is 52.8 Å². The molecule has 1 aliphatic rings. The van der Waals surface area contributed by atoms with Crippen molar-refractivity contribution in [3.63, 3.8) is 0 Å². The normalized spacial score (nSPS) is 16.7. The van der Waals surface area contributed by atoms with Crippen LogP contribution in [0.2, 0.25) is 5.02 Å². The number of nitrogens with one attached hydrogen (secondary N) is 2. The van der Waals surface area contributed by atoms with Crippen molar-refractivity contribution < 1.29 is 33.4 Å². The Labute approximate surface area is 219 Å². The summed E-state index contributed by atoms with van der Waals surface area (Å²) in [6.45, 7) is 5.50. The third kappa shape index (κ3) is 5.72. The third-order valence-electron chi connectivity index (χ3n) is 6.18. The molecule has 202 valence electrons. The average molecular weight is 551 g/mol. The highest BCUT2D eigenvalue weighted by Gasteiger charge is 2.43. The fourth-order valence-electron chi connectivity index (χ4n) is 3.89. The zero-order chi connectivity index (χ0) is 28.1. The molecule has 3 atom stereocenters. The first-order valence-electron chi connectivity index (χ1n) is 11.4. The standard InChI is InChI=1S/C22H21ClF2N6O.2CH2O2/c1-9(2)10(3)17-20(25)19(23)18(12-5-27-30-21(12)17)14-7-31-8-15(28-16(31)6-26-14)29-22(32)11-4-13(11)24;2*2-1-3/h5-11,13H,4H2,1-3H3,(H,27,30)(H,29,32);2*1H,(H,2,3)/t10?,11-,13+;;/m1../s1. The molecule has 0 radical (unpaired) electrons. The van der Waals surface area contributed by atoms with Crippen molar-refractivity contribution in [2.24, 2.45) is 11.8 Å². The average Bonchev–Trinajstić information content (AvgIpc) is 3.23. The summed E-state index contributed by atoms with van der Waals surface area (Å²) in [5.41, 5.74) is 2.42. The molecule has 0 spiro atoms. The molecule has 4 aromatic rings. The molecule has 1 amide bonds. The van der Waals surface area contributed by atoms with Crippen LogP contribution in [0.25, 0.3) is 27.8 Å². The van der Waals surface area contributed by atoms with E-state index in [1.54, 1.807) is 23.0 Å². The van der Waals surface area contributed by atoms with Crippen molar-refractivity contribution in [1.29, 1.82) is 0 Å². The van der Waals surface area contributed by atoms with Gasteiger partial charge in [-0.3, -0.25) is 24.5 Å². The van der Waals surface area contributed by atoms with Crippen molar-refractivity contribution in [3.8, 4) is 11.3 Å². The number of hydrogen-bond acceptors (Lipinski definition) is 6. The Morgan fingerprint density at radius 2 is 1.87 bits per heavy atom. The van der Waals surface area contributed by atoms with Gasteiger partial charge in [-0.05, 0) is 18.3 Å². The molecular weight excluding hydrogens is 526 g/mol. The number of carboxylic acid groups (broad SMARTS) is 2. The molecule has 14 heteroatoms. The molecule has 1 aromatic carbocycles. The zero-order valence-corrected chi connectivity index (χ0v) is 21.3. The van der Waals surface area contributed by atoms with E-state index in [1.807, 2.05) is 20.8 Å². The molecule has 0 saturated heterocycles. The van der Waals surface area contributed by atoms with Crippen LogP contribution in [0.1, 0.15) is 38.7 Å². The Balaban J connectivity index is 0.000000611. The molecule has 1 aliphatic carbocycles. The van der Waals surface area contributed by atoms with Gasteiger partial charge >= 0.3 is 0 Å². The van der Waals surface area contributed by atoms with E-state index >= 15 is 4.39 Å². The second-order valence-electron chi connectivity index (χ2n) is 8.83. The molecule has 1 unspecified atom stereocenters. The number of carbonyl (C=O) groups excluding carboxylic acids is 1. The van der Waals surface area contributed by atoms with Crippen LogP contribution in [0, 0.1) is 17.7 Å². The monoisotopic (exact) mass is 550 g/mol. The van der Waals surface area contributed by atoms with Gasteiger partial charge in [-0.2, -0.15) is 5.10 Å². The van der Waals surface area contributed by atoms with Crippen LogP contribution in [-0.2, 0) is 14.4 Å². The number of H-pyrrole nitrogens is 1. The van der Waals surface area contributed by atoms with Gasteiger partial charge in [0.05, 0.1) is 40.7 Å². The first kappa shape index (κ1) is 28.4. The molecule has 1 saturated carbocycles. The van der Waals surface area contributed by atoms with Gasteiger partial charge in [0.25, 0.3) is 12.9 Å². The molecule has 11 nitrogen and oxygen atoms in total. The van der Waals surface area contributed by atoms with E-state index in [4.69, 9.17) is 31.4 Å². The molecule has 4 N–H and O–H groups in total. The number of nitrogens with zero attached hydrogens (tertiary/aromatic N) is 4. The molecule has 5 rings (SSSR count). The van der Waals surface area contributed by atoms with Gasteiger partial charge in [0.2, 0.25) is 5.91 Å². The minimum absolute atomic E-state index is 0.0235. The Hall–Kier alpha value is -4.13. The van der Waals surface area contributed by atoms with Gasteiger partial charge in [-0.1, -0.05) is 32.4 Å². The van der Waals surface area contributed by atoms with E-state index in [0.29, 0.717) is 39.2 Å². The summed E-state index contributed by atoms with van der Waals surface area (Å²) in [4.78, 5) is 37.4. The molecule has 3 heterocycles. The number of halogens is 3. The Morgan fingerprint density at radius 1 is 1.24 bits per heavy atom. The summed E-state index contributed by atoms with van der Waals surface area (Å²) in [6.07, 6.45) is 5.52. The number of anilines is 1. The van der Waals surface area contributed by atoms with E-state index in [-0.39, 0.29) is 36.2 Å². The SMILES string of the molecule is CC(C)C(C)c1c(F)c(Cl)c(-c2cn3cc(NC(=O)[C@@H]4C[C@@H]4F)nc3cn2)c2cn[nH]c12.O=CO.O=CO. The van der Waals surface area contributed by atoms with E-state index in [2.05, 4.69) is 25.5 Å². The number of imidazole rings is 1. The maximum absolute atomic E-state index is 15.4. The van der Waals surface area contributed by atoms with Crippen molar-refractivity contribution in [3.05, 3.63) is 41.2 Å². The van der Waals surface area contributed by atoms with Gasteiger partial charge in [0.15, 0.2) is 11.5 Å². The van der Waals surface area contributed by atoms with Gasteiger partial charge in [0.1, 0.15) is 12.0 Å². The van der Waals surface area contributed by atoms with Gasteiger partial charge in [-0.15, -0.1) is 0 Å². The van der Waals surface area contributed by atoms with Gasteiger partial charge < -0.3 is 19.9 Å². The largest absolute Gasteiger partial charge is 0.483 e. The third-order valence-corrected chi connectivity index (χ3v) is 6.54. The number of amides is 1. The van der Waals surface area contributed by atoms with Crippen LogP contribution < -0.4 is 5.32 Å². The lowest BCUT2D eigenvalue weighted by Gasteiger charge is -2.20. The van der Waals surface area contributed by atoms with E-state index in [0.717, 1.165) is 0 Å². The number of aromatic amines is 1. The number of benzene rings is 1. The van der Waals surface area contributed by atoms with Crippen LogP contribution >= 0.6 is 11.6 Å². The van der Waals surface area contributed by atoms with Crippen LogP contribution in [0.5, 0.6) is 0 Å². The minimum atomic E-state index is -1.09. The first-order chi connectivity index (χ1) is 18.1. The lowest BCUT2D eigenvalue weighted by Crippen LogP contribution is -2.15. The summed E-state index contributed by atoms with van der Waals surface area (Å²) < 4.78 is 30.2. The number of hydrogen-bond donors (Lipinski definition) is 4. The molecular formula is C24H25ClF2N6O5. The van der Waals surface area contributed by atoms with Crippen molar-refractivity contribution in [2.45, 2.75) is 39.3 Å². The summed E-state index contributed by atoms with van der Waals surface area (Å²) in [5, 5.41) is 24.1. The lowest BCUT2D eigenvalue weighted by atomic mass is 9.87. The number of alkyl halides is 1. The fourth-order valence-corrected chi connectivity index (χ4v) is 4.19. The van der Waals surface area contributed by atoms with E-state index in [1.165, 1.54) is 6.20 Å². The Bertz CT molecular complexity index is 1470. The van der Waals surface area contributed by atoms with Crippen LogP contribution in [0.3, 0.4) is 0 Å². The highest BCUT2D eigenvalue weighted by atomic mass is 35.5. The minimum Gasteiger partial charge on any atom is -0.483 e. The van der Waals surface area contributed by atoms with Crippen LogP contribution in [-0.4, -0.2) is 59.8 Å². The predicted octanol–water partition coefficient (Wildman–Crippen LogP) is 4.52. The molecule has 3 aromatic heterocycles. The Kier molecular flexibility index (Phi) is 8.94. The van der Waals surface area contributed by atoms with Crippen molar-refractivity contribution in [2.75, 3.05) is 5.32 Å². The van der Waals surface area contributed by atoms with Gasteiger partial charge in [-0.25, -0.2) is 13.8 Å². The number of carbonyl (C=O) groups is 3. The lowest BCUT2D eigenvalue weighted by molar-refractivity contribution is -0.123. The second-order valence-corrected chi connectivity index (χ2v) is 9.21. The molecule has 38 heavy (non-hydrogen) atoms. The summed E-state index contributed by atoms with van der Waals surface area (Å²) >= 11 is 6.52. The molecule has 0 bridgehead atoms. The summed E-state index contributed by atoms with van der Waals surface area (Å²) in [6, 6.07) is 0. The van der Waals surface area contributed by atoms with E-state index < -0.39 is 23.8 Å². The first-order valence-corrected chi connectivity index (χ1v) is 11.8. The topological polar surface area (TPSA) is 163 Å². The van der Waals surface area contributed by atoms with Gasteiger partial charge in [0, 0.05) is 22.7 Å². The van der Waals surface area contributed by atoms with E-state index in [9.17, 15) is 9.18 Å². The highest BCUT2D eigenvalue weighted by molar-refractivity contribution is 6.35. The number of aromatic nitrogens is 5. The predicted molar refractivity (Wildman–Crippen MR) is 135 cm³/mol. The number of rotatable bonds is 5. The highest BCUT2D eigenvalue weighted by Crippen LogP contribution is 2.42. The molecule has 0 aliphatic heterocycles. The second kappa shape index (κ2) is 11.9. The smallest absolute Gasteiger partial charge is 0.290 e. The fraction of sp³-hybridized carbons (Fsp3) is 0.333. The van der Waals surface area contributed by atoms with Crippen molar-refractivity contribution in [1.82, 2.24) is 24.6 Å². The maximum Gasteiger partial charge on any atom is 0.290 e. The summed E-state index contributed by atoms with van der Waals surface area (Å²) in [7, 11) is 0. The number of fused-ring (bicyclic) bond motifs is 2. The molecule has 1 fully saturated rings. The van der Waals surface area contributed by atoms with Crippen LogP contribution in [0.4, 0.5) is 14.6 Å². The Morgan fingerprint density at radius 3 is 2.45 bits per heavy atom.